The molecule has 0 spiro atoms. The number of rotatable bonds is 9. The van der Waals surface area contributed by atoms with Crippen LogP contribution in [0.4, 0.5) is 0 Å². The average molecular weight is 354 g/mol. The maximum Gasteiger partial charge on any atom is 0.161 e. The summed E-state index contributed by atoms with van der Waals surface area (Å²) in [4.78, 5) is 2.56. The molecular weight excluding hydrogens is 324 g/mol. The van der Waals surface area contributed by atoms with E-state index in [9.17, 15) is 0 Å². The number of hydrogen-bond donors (Lipinski definition) is 1. The molecule has 1 fully saturated rings. The molecule has 3 rings (SSSR count). The van der Waals surface area contributed by atoms with Crippen molar-refractivity contribution in [1.29, 1.82) is 0 Å². The highest BCUT2D eigenvalue weighted by Crippen LogP contribution is 2.29. The number of ether oxygens (including phenoxy) is 2. The summed E-state index contributed by atoms with van der Waals surface area (Å²) < 4.78 is 11.5. The van der Waals surface area contributed by atoms with Gasteiger partial charge in [0.2, 0.25) is 0 Å². The molecular formula is C22H30N2O2. The Balaban J connectivity index is 1.52. The van der Waals surface area contributed by atoms with Gasteiger partial charge in [0.05, 0.1) is 7.11 Å². The van der Waals surface area contributed by atoms with E-state index in [4.69, 9.17) is 9.47 Å². The van der Waals surface area contributed by atoms with E-state index in [0.717, 1.165) is 36.7 Å². The van der Waals surface area contributed by atoms with Crippen molar-refractivity contribution in [2.45, 2.75) is 39.0 Å². The van der Waals surface area contributed by atoms with Crippen LogP contribution < -0.4 is 14.8 Å². The number of nitrogens with one attached hydrogen (secondary N) is 1. The Kier molecular flexibility index (Phi) is 6.92. The van der Waals surface area contributed by atoms with E-state index in [2.05, 4.69) is 41.4 Å². The molecule has 0 radical (unpaired) electrons. The highest BCUT2D eigenvalue weighted by molar-refractivity contribution is 5.43. The summed E-state index contributed by atoms with van der Waals surface area (Å²) in [7, 11) is 1.69. The molecule has 1 N–H and O–H groups in total. The first kappa shape index (κ1) is 18.7. The first-order valence-electron chi connectivity index (χ1n) is 9.58. The second-order valence-corrected chi connectivity index (χ2v) is 6.82. The second kappa shape index (κ2) is 9.60. The fourth-order valence-corrected chi connectivity index (χ4v) is 3.60. The lowest BCUT2D eigenvalue weighted by atomic mass is 10.1. The van der Waals surface area contributed by atoms with Crippen LogP contribution in [0.2, 0.25) is 0 Å². The zero-order chi connectivity index (χ0) is 18.2. The Morgan fingerprint density at radius 1 is 1.08 bits per heavy atom. The summed E-state index contributed by atoms with van der Waals surface area (Å²) in [5, 5.41) is 3.60. The average Bonchev–Trinajstić information content (AvgIpc) is 3.15. The van der Waals surface area contributed by atoms with Crippen LogP contribution in [0.5, 0.6) is 11.5 Å². The van der Waals surface area contributed by atoms with Gasteiger partial charge in [-0.15, -0.1) is 0 Å². The third kappa shape index (κ3) is 4.99. The van der Waals surface area contributed by atoms with E-state index in [-0.39, 0.29) is 0 Å². The van der Waals surface area contributed by atoms with E-state index in [0.29, 0.717) is 12.6 Å². The van der Waals surface area contributed by atoms with Gasteiger partial charge in [0.15, 0.2) is 11.5 Å². The molecule has 0 aliphatic carbocycles. The van der Waals surface area contributed by atoms with E-state index >= 15 is 0 Å². The van der Waals surface area contributed by atoms with Crippen LogP contribution >= 0.6 is 0 Å². The lowest BCUT2D eigenvalue weighted by Crippen LogP contribution is -2.37. The van der Waals surface area contributed by atoms with Crippen molar-refractivity contribution < 1.29 is 9.47 Å². The maximum atomic E-state index is 5.93. The summed E-state index contributed by atoms with van der Waals surface area (Å²) >= 11 is 0. The van der Waals surface area contributed by atoms with Gasteiger partial charge in [-0.25, -0.2) is 0 Å². The van der Waals surface area contributed by atoms with Gasteiger partial charge in [0, 0.05) is 19.1 Å². The summed E-state index contributed by atoms with van der Waals surface area (Å²) in [6.45, 7) is 7.07. The molecule has 1 saturated heterocycles. The van der Waals surface area contributed by atoms with Crippen molar-refractivity contribution in [3.63, 3.8) is 0 Å². The van der Waals surface area contributed by atoms with Crippen molar-refractivity contribution in [1.82, 2.24) is 10.2 Å². The van der Waals surface area contributed by atoms with Gasteiger partial charge in [-0.3, -0.25) is 4.90 Å². The minimum absolute atomic E-state index is 0.545. The smallest absolute Gasteiger partial charge is 0.161 e. The molecule has 2 aromatic carbocycles. The zero-order valence-corrected chi connectivity index (χ0v) is 15.9. The number of methoxy groups -OCH3 is 1. The topological polar surface area (TPSA) is 33.7 Å². The molecule has 1 heterocycles. The largest absolute Gasteiger partial charge is 0.493 e. The highest BCUT2D eigenvalue weighted by Gasteiger charge is 2.22. The standard InChI is InChI=1S/C22H30N2O2/c1-3-24-13-7-10-20(24)16-23-15-19-11-12-21(22(14-19)25-2)26-17-18-8-5-4-6-9-18/h4-6,8-9,11-12,14,20,23H,3,7,10,13,15-17H2,1-2H3/t20-/m0/s1. The van der Waals surface area contributed by atoms with Crippen molar-refractivity contribution in [2.24, 2.45) is 0 Å². The van der Waals surface area contributed by atoms with Gasteiger partial charge in [-0.05, 0) is 49.2 Å². The first-order valence-corrected chi connectivity index (χ1v) is 9.58. The number of hydrogen-bond acceptors (Lipinski definition) is 4. The van der Waals surface area contributed by atoms with Crippen LogP contribution in [-0.4, -0.2) is 37.7 Å². The molecule has 26 heavy (non-hydrogen) atoms. The van der Waals surface area contributed by atoms with E-state index in [1.165, 1.54) is 24.9 Å². The molecule has 0 bridgehead atoms. The van der Waals surface area contributed by atoms with Crippen molar-refractivity contribution in [3.8, 4) is 11.5 Å². The maximum absolute atomic E-state index is 5.93. The molecule has 0 unspecified atom stereocenters. The second-order valence-electron chi connectivity index (χ2n) is 6.82. The number of likely N-dealkylation sites (tertiary alicyclic amines) is 1. The predicted octanol–water partition coefficient (Wildman–Crippen LogP) is 3.85. The summed E-state index contributed by atoms with van der Waals surface area (Å²) in [6.07, 6.45) is 2.62. The Labute approximate surface area is 157 Å². The van der Waals surface area contributed by atoms with Crippen LogP contribution in [0.1, 0.15) is 30.9 Å². The molecule has 1 atom stereocenters. The van der Waals surface area contributed by atoms with Gasteiger partial charge in [-0.1, -0.05) is 43.3 Å². The molecule has 4 nitrogen and oxygen atoms in total. The third-order valence-electron chi connectivity index (χ3n) is 5.08. The van der Waals surface area contributed by atoms with Crippen LogP contribution in [0.3, 0.4) is 0 Å². The molecule has 1 aliphatic heterocycles. The predicted molar refractivity (Wildman–Crippen MR) is 106 cm³/mol. The molecule has 0 aromatic heterocycles. The summed E-state index contributed by atoms with van der Waals surface area (Å²) in [5.74, 6) is 1.57. The van der Waals surface area contributed by atoms with Crippen LogP contribution in [0.15, 0.2) is 48.5 Å². The number of nitrogens with zero attached hydrogens (tertiary/aromatic N) is 1. The van der Waals surface area contributed by atoms with E-state index < -0.39 is 0 Å². The lowest BCUT2D eigenvalue weighted by molar-refractivity contribution is 0.260. The quantitative estimate of drug-likeness (QED) is 0.742. The molecule has 4 heteroatoms. The molecule has 1 aliphatic rings. The Hall–Kier alpha value is -2.04. The monoisotopic (exact) mass is 354 g/mol. The van der Waals surface area contributed by atoms with Gasteiger partial charge in [0.1, 0.15) is 6.61 Å². The minimum atomic E-state index is 0.545. The van der Waals surface area contributed by atoms with E-state index in [1.807, 2.05) is 24.3 Å². The Morgan fingerprint density at radius 3 is 2.69 bits per heavy atom. The first-order chi connectivity index (χ1) is 12.8. The number of likely N-dealkylation sites (N-methyl/N-ethyl adjacent to an activating group) is 1. The number of benzene rings is 2. The van der Waals surface area contributed by atoms with Crippen molar-refractivity contribution in [3.05, 3.63) is 59.7 Å². The van der Waals surface area contributed by atoms with Gasteiger partial charge >= 0.3 is 0 Å². The molecule has 0 saturated carbocycles. The summed E-state index contributed by atoms with van der Waals surface area (Å²) in [5.41, 5.74) is 2.37. The third-order valence-corrected chi connectivity index (χ3v) is 5.08. The highest BCUT2D eigenvalue weighted by atomic mass is 16.5. The van der Waals surface area contributed by atoms with Gasteiger partial charge in [-0.2, -0.15) is 0 Å². The van der Waals surface area contributed by atoms with Gasteiger partial charge in [0.25, 0.3) is 0 Å². The minimum Gasteiger partial charge on any atom is -0.493 e. The van der Waals surface area contributed by atoms with Crippen LogP contribution in [0.25, 0.3) is 0 Å². The zero-order valence-electron chi connectivity index (χ0n) is 15.9. The fourth-order valence-electron chi connectivity index (χ4n) is 3.60. The normalized spacial score (nSPS) is 17.4. The Bertz CT molecular complexity index is 675. The Morgan fingerprint density at radius 2 is 1.92 bits per heavy atom. The fraction of sp³-hybridized carbons (Fsp3) is 0.455. The van der Waals surface area contributed by atoms with Crippen molar-refractivity contribution in [2.75, 3.05) is 26.7 Å². The van der Waals surface area contributed by atoms with Gasteiger partial charge < -0.3 is 14.8 Å². The van der Waals surface area contributed by atoms with Crippen LogP contribution in [0, 0.1) is 0 Å². The molecule has 140 valence electrons. The molecule has 2 aromatic rings. The SMILES string of the molecule is CCN1CCC[C@H]1CNCc1ccc(OCc2ccccc2)c(OC)c1. The van der Waals surface area contributed by atoms with Crippen LogP contribution in [-0.2, 0) is 13.2 Å². The lowest BCUT2D eigenvalue weighted by Gasteiger charge is -2.23. The summed E-state index contributed by atoms with van der Waals surface area (Å²) in [6, 6.07) is 17.0. The molecule has 0 amide bonds. The van der Waals surface area contributed by atoms with Crippen molar-refractivity contribution >= 4 is 0 Å². The van der Waals surface area contributed by atoms with E-state index in [1.54, 1.807) is 7.11 Å².